The van der Waals surface area contributed by atoms with Crippen molar-refractivity contribution in [1.29, 1.82) is 5.26 Å². The minimum atomic E-state index is -3.66. The van der Waals surface area contributed by atoms with Crippen LogP contribution in [0.15, 0.2) is 53.7 Å². The van der Waals surface area contributed by atoms with Crippen LogP contribution in [0.3, 0.4) is 0 Å². The van der Waals surface area contributed by atoms with Crippen LogP contribution in [0.25, 0.3) is 5.65 Å². The number of rotatable bonds is 4. The molecule has 0 amide bonds. The van der Waals surface area contributed by atoms with Gasteiger partial charge in [-0.3, -0.25) is 0 Å². The van der Waals surface area contributed by atoms with Crippen LogP contribution in [0.5, 0.6) is 0 Å². The summed E-state index contributed by atoms with van der Waals surface area (Å²) in [6.07, 6.45) is 3.41. The zero-order chi connectivity index (χ0) is 16.4. The second kappa shape index (κ2) is 6.01. The van der Waals surface area contributed by atoms with E-state index >= 15 is 0 Å². The molecule has 2 heterocycles. The summed E-state index contributed by atoms with van der Waals surface area (Å²) in [5.74, 6) is 0. The molecule has 0 unspecified atom stereocenters. The molecule has 23 heavy (non-hydrogen) atoms. The normalized spacial score (nSPS) is 11.5. The molecular weight excluding hydrogens is 336 g/mol. The zero-order valence-corrected chi connectivity index (χ0v) is 13.3. The second-order valence-corrected chi connectivity index (χ2v) is 7.01. The first-order valence-electron chi connectivity index (χ1n) is 6.61. The molecule has 0 atom stereocenters. The minimum Gasteiger partial charge on any atom is -0.305 e. The van der Waals surface area contributed by atoms with E-state index in [1.54, 1.807) is 28.9 Å². The highest BCUT2D eigenvalue weighted by Gasteiger charge is 2.14. The summed E-state index contributed by atoms with van der Waals surface area (Å²) in [5, 5.41) is 9.31. The van der Waals surface area contributed by atoms with Gasteiger partial charge in [0.1, 0.15) is 5.65 Å². The standard InChI is InChI=1S/C15H11ClN4O2S/c16-12-3-6-15-19-13(10-20(15)9-12)8-18-23(21,22)14-4-1-11(7-17)2-5-14/h1-6,9-10,18H,8H2. The summed E-state index contributed by atoms with van der Waals surface area (Å²) in [5.41, 5.74) is 1.66. The minimum absolute atomic E-state index is 0.0572. The second-order valence-electron chi connectivity index (χ2n) is 4.81. The van der Waals surface area contributed by atoms with Crippen LogP contribution in [-0.4, -0.2) is 17.8 Å². The van der Waals surface area contributed by atoms with Crippen molar-refractivity contribution in [2.75, 3.05) is 0 Å². The molecule has 0 aliphatic heterocycles. The van der Waals surface area contributed by atoms with E-state index in [-0.39, 0.29) is 11.4 Å². The number of hydrogen-bond acceptors (Lipinski definition) is 4. The van der Waals surface area contributed by atoms with Gasteiger partial charge >= 0.3 is 0 Å². The molecule has 0 radical (unpaired) electrons. The fourth-order valence-corrected chi connectivity index (χ4v) is 3.23. The largest absolute Gasteiger partial charge is 0.305 e. The first-order chi connectivity index (χ1) is 11.0. The quantitative estimate of drug-likeness (QED) is 0.785. The van der Waals surface area contributed by atoms with Crippen molar-refractivity contribution < 1.29 is 8.42 Å². The number of nitrogens with zero attached hydrogens (tertiary/aromatic N) is 3. The molecule has 0 aliphatic rings. The van der Waals surface area contributed by atoms with Gasteiger partial charge in [0.05, 0.1) is 33.8 Å². The lowest BCUT2D eigenvalue weighted by Gasteiger charge is -2.05. The van der Waals surface area contributed by atoms with E-state index in [1.807, 2.05) is 6.07 Å². The van der Waals surface area contributed by atoms with Crippen LogP contribution in [0.1, 0.15) is 11.3 Å². The summed E-state index contributed by atoms with van der Waals surface area (Å²) < 4.78 is 28.7. The number of hydrogen-bond donors (Lipinski definition) is 1. The Labute approximate surface area is 138 Å². The molecule has 0 aliphatic carbocycles. The number of pyridine rings is 1. The number of aromatic nitrogens is 2. The topological polar surface area (TPSA) is 87.3 Å². The molecule has 0 saturated heterocycles. The lowest BCUT2D eigenvalue weighted by Crippen LogP contribution is -2.23. The maximum absolute atomic E-state index is 12.2. The Morgan fingerprint density at radius 2 is 1.91 bits per heavy atom. The Morgan fingerprint density at radius 1 is 1.17 bits per heavy atom. The van der Waals surface area contributed by atoms with Crippen molar-refractivity contribution in [3.63, 3.8) is 0 Å². The Kier molecular flexibility index (Phi) is 4.05. The van der Waals surface area contributed by atoms with Gasteiger partial charge in [-0.2, -0.15) is 5.26 Å². The molecule has 1 aromatic carbocycles. The van der Waals surface area contributed by atoms with E-state index < -0.39 is 10.0 Å². The third kappa shape index (κ3) is 3.35. The average Bonchev–Trinajstić information content (AvgIpc) is 2.95. The van der Waals surface area contributed by atoms with Crippen LogP contribution < -0.4 is 4.72 Å². The van der Waals surface area contributed by atoms with Crippen molar-refractivity contribution in [1.82, 2.24) is 14.1 Å². The lowest BCUT2D eigenvalue weighted by molar-refractivity contribution is 0.580. The Hall–Kier alpha value is -2.40. The van der Waals surface area contributed by atoms with Gasteiger partial charge in [-0.1, -0.05) is 11.6 Å². The number of sulfonamides is 1. The predicted octanol–water partition coefficient (Wildman–Crippen LogP) is 2.34. The molecule has 0 bridgehead atoms. The smallest absolute Gasteiger partial charge is 0.240 e. The van der Waals surface area contributed by atoms with E-state index in [0.717, 1.165) is 0 Å². The van der Waals surface area contributed by atoms with Crippen LogP contribution in [0, 0.1) is 11.3 Å². The number of nitrogens with one attached hydrogen (secondary N) is 1. The van der Waals surface area contributed by atoms with Gasteiger partial charge in [-0.25, -0.2) is 18.1 Å². The predicted molar refractivity (Wildman–Crippen MR) is 85.4 cm³/mol. The van der Waals surface area contributed by atoms with Crippen molar-refractivity contribution in [2.24, 2.45) is 0 Å². The van der Waals surface area contributed by atoms with E-state index in [0.29, 0.717) is 21.9 Å². The highest BCUT2D eigenvalue weighted by Crippen LogP contribution is 2.13. The molecule has 116 valence electrons. The Balaban J connectivity index is 1.78. The van der Waals surface area contributed by atoms with Crippen molar-refractivity contribution >= 4 is 27.3 Å². The molecule has 0 saturated carbocycles. The molecule has 1 N–H and O–H groups in total. The summed E-state index contributed by atoms with van der Waals surface area (Å²) in [7, 11) is -3.66. The van der Waals surface area contributed by atoms with E-state index in [1.165, 1.54) is 24.3 Å². The molecule has 0 fully saturated rings. The molecule has 0 spiro atoms. The number of nitriles is 1. The average molecular weight is 347 g/mol. The maximum Gasteiger partial charge on any atom is 0.240 e. The Bertz CT molecular complexity index is 1000. The number of benzene rings is 1. The van der Waals surface area contributed by atoms with Gasteiger partial charge in [-0.15, -0.1) is 0 Å². The maximum atomic E-state index is 12.2. The first kappa shape index (κ1) is 15.5. The SMILES string of the molecule is N#Cc1ccc(S(=O)(=O)NCc2cn3cc(Cl)ccc3n2)cc1. The van der Waals surface area contributed by atoms with Crippen LogP contribution in [-0.2, 0) is 16.6 Å². The van der Waals surface area contributed by atoms with E-state index in [4.69, 9.17) is 16.9 Å². The Morgan fingerprint density at radius 3 is 2.61 bits per heavy atom. The van der Waals surface area contributed by atoms with Gasteiger partial charge in [0.2, 0.25) is 10.0 Å². The summed E-state index contributed by atoms with van der Waals surface area (Å²) in [6.45, 7) is 0.0572. The van der Waals surface area contributed by atoms with Crippen molar-refractivity contribution in [3.8, 4) is 6.07 Å². The first-order valence-corrected chi connectivity index (χ1v) is 8.47. The number of fused-ring (bicyclic) bond motifs is 1. The third-order valence-electron chi connectivity index (χ3n) is 3.20. The molecule has 2 aromatic heterocycles. The highest BCUT2D eigenvalue weighted by atomic mass is 35.5. The lowest BCUT2D eigenvalue weighted by atomic mass is 10.2. The molecule has 3 rings (SSSR count). The van der Waals surface area contributed by atoms with Crippen molar-refractivity contribution in [3.05, 3.63) is 65.1 Å². The monoisotopic (exact) mass is 346 g/mol. The third-order valence-corrected chi connectivity index (χ3v) is 4.84. The number of halogens is 1. The van der Waals surface area contributed by atoms with E-state index in [2.05, 4.69) is 9.71 Å². The van der Waals surface area contributed by atoms with Gasteiger partial charge < -0.3 is 4.40 Å². The van der Waals surface area contributed by atoms with Crippen LogP contribution >= 0.6 is 11.6 Å². The summed E-state index contributed by atoms with van der Waals surface area (Å²) in [6, 6.07) is 11.1. The van der Waals surface area contributed by atoms with Crippen LogP contribution in [0.2, 0.25) is 5.02 Å². The van der Waals surface area contributed by atoms with Gasteiger partial charge in [0, 0.05) is 12.4 Å². The molecule has 6 nitrogen and oxygen atoms in total. The summed E-state index contributed by atoms with van der Waals surface area (Å²) in [4.78, 5) is 4.41. The van der Waals surface area contributed by atoms with Gasteiger partial charge in [0.25, 0.3) is 0 Å². The fraction of sp³-hybridized carbons (Fsp3) is 0.0667. The van der Waals surface area contributed by atoms with Gasteiger partial charge in [-0.05, 0) is 36.4 Å². The molecular formula is C15H11ClN4O2S. The highest BCUT2D eigenvalue weighted by molar-refractivity contribution is 7.89. The van der Waals surface area contributed by atoms with Crippen molar-refractivity contribution in [2.45, 2.75) is 11.4 Å². The van der Waals surface area contributed by atoms with Gasteiger partial charge in [0.15, 0.2) is 0 Å². The van der Waals surface area contributed by atoms with E-state index in [9.17, 15) is 8.42 Å². The fourth-order valence-electron chi connectivity index (χ4n) is 2.06. The van der Waals surface area contributed by atoms with Crippen LogP contribution in [0.4, 0.5) is 0 Å². The molecule has 8 heteroatoms. The molecule has 3 aromatic rings. The zero-order valence-electron chi connectivity index (χ0n) is 11.8. The summed E-state index contributed by atoms with van der Waals surface area (Å²) >= 11 is 5.90. The number of imidazole rings is 1.